The van der Waals surface area contributed by atoms with Crippen molar-refractivity contribution in [1.82, 2.24) is 0 Å². The number of ether oxygens (including phenoxy) is 1. The fraction of sp³-hybridized carbons (Fsp3) is 0.182. The molecule has 0 aliphatic rings. The molecule has 1 aromatic carbocycles. The number of ketones is 1. The molecule has 5 heteroatoms. The lowest BCUT2D eigenvalue weighted by atomic mass is 10.0. The Morgan fingerprint density at radius 3 is 2.75 bits per heavy atom. The predicted molar refractivity (Wildman–Crippen MR) is 61.2 cm³/mol. The van der Waals surface area contributed by atoms with Crippen molar-refractivity contribution >= 4 is 28.0 Å². The minimum atomic E-state index is -0.248. The molecule has 1 aromatic rings. The molecule has 1 rings (SSSR count). The zero-order chi connectivity index (χ0) is 12.1. The fourth-order valence-corrected chi connectivity index (χ4v) is 1.56. The zero-order valence-corrected chi connectivity index (χ0v) is 10.1. The Balaban J connectivity index is 3.44. The summed E-state index contributed by atoms with van der Waals surface area (Å²) >= 11 is 3.02. The molecule has 82 valence electrons. The van der Waals surface area contributed by atoms with Crippen molar-refractivity contribution in [1.29, 1.82) is 5.26 Å². The lowest BCUT2D eigenvalue weighted by Crippen LogP contribution is -2.05. The largest absolute Gasteiger partial charge is 0.496 e. The molecule has 0 fully saturated rings. The Morgan fingerprint density at radius 2 is 2.31 bits per heavy atom. The van der Waals surface area contributed by atoms with Crippen LogP contribution in [0.25, 0.3) is 0 Å². The van der Waals surface area contributed by atoms with E-state index in [0.717, 1.165) is 0 Å². The van der Waals surface area contributed by atoms with Crippen molar-refractivity contribution in [2.24, 2.45) is 0 Å². The maximum Gasteiger partial charge on any atom is 0.174 e. The molecule has 0 heterocycles. The molecule has 0 spiro atoms. The number of hydrogen-bond donors (Lipinski definition) is 0. The number of rotatable bonds is 4. The average molecular weight is 282 g/mol. The highest BCUT2D eigenvalue weighted by Gasteiger charge is 2.14. The zero-order valence-electron chi connectivity index (χ0n) is 8.49. The molecule has 0 aliphatic heterocycles. The summed E-state index contributed by atoms with van der Waals surface area (Å²) in [4.78, 5) is 22.3. The molecule has 0 aliphatic carbocycles. The average Bonchev–Trinajstić information content (AvgIpc) is 2.35. The van der Waals surface area contributed by atoms with E-state index >= 15 is 0 Å². The van der Waals surface area contributed by atoms with Gasteiger partial charge in [0.05, 0.1) is 23.6 Å². The number of carbonyl (C=O) groups is 2. The van der Waals surface area contributed by atoms with Gasteiger partial charge in [0.1, 0.15) is 11.8 Å². The van der Waals surface area contributed by atoms with Crippen LogP contribution < -0.4 is 4.74 Å². The second-order valence-electron chi connectivity index (χ2n) is 2.93. The van der Waals surface area contributed by atoms with E-state index in [0.29, 0.717) is 6.29 Å². The van der Waals surface area contributed by atoms with E-state index in [4.69, 9.17) is 10.00 Å². The lowest BCUT2D eigenvalue weighted by Gasteiger charge is -2.07. The van der Waals surface area contributed by atoms with Crippen LogP contribution in [0.4, 0.5) is 0 Å². The maximum absolute atomic E-state index is 11.5. The molecule has 0 N–H and O–H groups in total. The number of nitriles is 1. The molecular formula is C11H8BrNO3. The van der Waals surface area contributed by atoms with Gasteiger partial charge in [0.25, 0.3) is 0 Å². The predicted octanol–water partition coefficient (Wildman–Crippen LogP) is 1.96. The van der Waals surface area contributed by atoms with Crippen molar-refractivity contribution < 1.29 is 14.3 Å². The van der Waals surface area contributed by atoms with Gasteiger partial charge in [0.2, 0.25) is 0 Å². The number of alkyl halides is 1. The first-order chi connectivity index (χ1) is 7.67. The topological polar surface area (TPSA) is 67.2 Å². The van der Waals surface area contributed by atoms with E-state index in [9.17, 15) is 9.59 Å². The molecule has 0 bridgehead atoms. The van der Waals surface area contributed by atoms with Gasteiger partial charge in [-0.25, -0.2) is 0 Å². The summed E-state index contributed by atoms with van der Waals surface area (Å²) in [6.07, 6.45) is 0.588. The summed E-state index contributed by atoms with van der Waals surface area (Å²) in [5.74, 6) is 0.0416. The molecule has 4 nitrogen and oxygen atoms in total. The number of nitrogens with zero attached hydrogens (tertiary/aromatic N) is 1. The van der Waals surface area contributed by atoms with E-state index < -0.39 is 0 Å². The van der Waals surface area contributed by atoms with Crippen LogP contribution in [0.5, 0.6) is 5.75 Å². The van der Waals surface area contributed by atoms with E-state index in [2.05, 4.69) is 15.9 Å². The number of methoxy groups -OCH3 is 1. The smallest absolute Gasteiger partial charge is 0.174 e. The van der Waals surface area contributed by atoms with Gasteiger partial charge in [-0.15, -0.1) is 0 Å². The van der Waals surface area contributed by atoms with Crippen LogP contribution in [0, 0.1) is 11.3 Å². The second-order valence-corrected chi connectivity index (χ2v) is 3.49. The van der Waals surface area contributed by atoms with E-state index in [1.54, 1.807) is 0 Å². The van der Waals surface area contributed by atoms with Crippen LogP contribution in [0.1, 0.15) is 26.3 Å². The van der Waals surface area contributed by atoms with E-state index in [-0.39, 0.29) is 33.6 Å². The summed E-state index contributed by atoms with van der Waals surface area (Å²) in [5.41, 5.74) is 0.681. The molecule has 0 saturated heterocycles. The highest BCUT2D eigenvalue weighted by atomic mass is 79.9. The number of aldehydes is 1. The van der Waals surface area contributed by atoms with Crippen LogP contribution >= 0.6 is 15.9 Å². The number of Topliss-reactive ketones (excluding diaryl/α,β-unsaturated/α-hetero) is 1. The number of benzene rings is 1. The number of carbonyl (C=O) groups excluding carboxylic acids is 2. The maximum atomic E-state index is 11.5. The van der Waals surface area contributed by atoms with E-state index in [1.807, 2.05) is 6.07 Å². The first-order valence-electron chi connectivity index (χ1n) is 4.34. The lowest BCUT2D eigenvalue weighted by molar-refractivity contribution is 0.102. The Hall–Kier alpha value is -1.67. The SMILES string of the molecule is COc1cc(C#N)c(C(=O)CBr)cc1C=O. The van der Waals surface area contributed by atoms with Crippen LogP contribution in [-0.2, 0) is 0 Å². The highest BCUT2D eigenvalue weighted by molar-refractivity contribution is 9.09. The highest BCUT2D eigenvalue weighted by Crippen LogP contribution is 2.22. The van der Waals surface area contributed by atoms with Crippen molar-refractivity contribution in [2.45, 2.75) is 0 Å². The fourth-order valence-electron chi connectivity index (χ4n) is 1.26. The molecule has 0 amide bonds. The van der Waals surface area contributed by atoms with E-state index in [1.165, 1.54) is 19.2 Å². The van der Waals surface area contributed by atoms with Crippen LogP contribution in [-0.4, -0.2) is 24.5 Å². The van der Waals surface area contributed by atoms with Gasteiger partial charge in [0, 0.05) is 5.56 Å². The minimum Gasteiger partial charge on any atom is -0.496 e. The third-order valence-corrected chi connectivity index (χ3v) is 2.55. The molecule has 0 unspecified atom stereocenters. The normalized spacial score (nSPS) is 9.31. The van der Waals surface area contributed by atoms with Gasteiger partial charge in [0.15, 0.2) is 12.1 Å². The van der Waals surface area contributed by atoms with Crippen LogP contribution in [0.15, 0.2) is 12.1 Å². The van der Waals surface area contributed by atoms with Crippen molar-refractivity contribution in [2.75, 3.05) is 12.4 Å². The molecule has 0 radical (unpaired) electrons. The van der Waals surface area contributed by atoms with Gasteiger partial charge in [-0.3, -0.25) is 9.59 Å². The summed E-state index contributed by atoms with van der Waals surface area (Å²) in [7, 11) is 1.40. The quantitative estimate of drug-likeness (QED) is 0.481. The third kappa shape index (κ3) is 2.28. The first-order valence-corrected chi connectivity index (χ1v) is 5.46. The molecule has 0 aromatic heterocycles. The van der Waals surface area contributed by atoms with Crippen molar-refractivity contribution in [3.8, 4) is 11.8 Å². The monoisotopic (exact) mass is 281 g/mol. The Kier molecular flexibility index (Phi) is 4.20. The Labute approximate surface area is 101 Å². The molecule has 0 atom stereocenters. The summed E-state index contributed by atoms with van der Waals surface area (Å²) in [6, 6.07) is 4.66. The van der Waals surface area contributed by atoms with Crippen molar-refractivity contribution in [3.05, 3.63) is 28.8 Å². The van der Waals surface area contributed by atoms with Gasteiger partial charge in [-0.1, -0.05) is 15.9 Å². The van der Waals surface area contributed by atoms with Gasteiger partial charge in [-0.2, -0.15) is 5.26 Å². The third-order valence-electron chi connectivity index (χ3n) is 2.04. The Morgan fingerprint density at radius 1 is 1.62 bits per heavy atom. The minimum absolute atomic E-state index is 0.103. The molecule has 16 heavy (non-hydrogen) atoms. The number of hydrogen-bond acceptors (Lipinski definition) is 4. The molecular weight excluding hydrogens is 274 g/mol. The first kappa shape index (κ1) is 12.4. The van der Waals surface area contributed by atoms with Gasteiger partial charge < -0.3 is 4.74 Å². The summed E-state index contributed by atoms with van der Waals surface area (Å²) in [5, 5.41) is 8.99. The summed E-state index contributed by atoms with van der Waals surface area (Å²) in [6.45, 7) is 0. The van der Waals surface area contributed by atoms with Crippen LogP contribution in [0.2, 0.25) is 0 Å². The van der Waals surface area contributed by atoms with Crippen LogP contribution in [0.3, 0.4) is 0 Å². The number of halogens is 1. The molecule has 0 saturated carbocycles. The Bertz CT molecular complexity index is 477. The van der Waals surface area contributed by atoms with Gasteiger partial charge in [-0.05, 0) is 12.1 Å². The second kappa shape index (κ2) is 5.42. The summed E-state index contributed by atoms with van der Waals surface area (Å²) < 4.78 is 4.94. The standard InChI is InChI=1S/C11H8BrNO3/c1-16-11-3-7(5-13)9(10(15)4-12)2-8(11)6-14/h2-3,6H,4H2,1H3. The van der Waals surface area contributed by atoms with Crippen molar-refractivity contribution in [3.63, 3.8) is 0 Å². The van der Waals surface area contributed by atoms with Gasteiger partial charge >= 0.3 is 0 Å².